The lowest BCUT2D eigenvalue weighted by Crippen LogP contribution is -2.11. The summed E-state index contributed by atoms with van der Waals surface area (Å²) < 4.78 is 57.7. The summed E-state index contributed by atoms with van der Waals surface area (Å²) in [4.78, 5) is 11.0. The molecular weight excluding hydrogens is 304 g/mol. The van der Waals surface area contributed by atoms with Gasteiger partial charge in [0.15, 0.2) is 12.0 Å². The lowest BCUT2D eigenvalue weighted by atomic mass is 10.0. The standard InChI is InChI=1S/C12H11ClF4O3/c1-2-3-6-4-8(13)10(20-12(16)17)7(5-18)9(6)19-11(14)15/h4-5,11-12H,2-3H2,1H3. The molecular formula is C12H11ClF4O3. The van der Waals surface area contributed by atoms with Gasteiger partial charge in [0, 0.05) is 0 Å². The van der Waals surface area contributed by atoms with E-state index in [0.717, 1.165) is 0 Å². The Bertz CT molecular complexity index is 480. The van der Waals surface area contributed by atoms with Crippen molar-refractivity contribution in [3.05, 3.63) is 22.2 Å². The molecule has 0 spiro atoms. The Balaban J connectivity index is 3.43. The van der Waals surface area contributed by atoms with Gasteiger partial charge in [0.1, 0.15) is 11.3 Å². The van der Waals surface area contributed by atoms with Crippen molar-refractivity contribution in [3.8, 4) is 11.5 Å². The second-order valence-corrected chi connectivity index (χ2v) is 4.12. The maximum Gasteiger partial charge on any atom is 0.387 e. The highest BCUT2D eigenvalue weighted by Gasteiger charge is 2.23. The minimum Gasteiger partial charge on any atom is -0.434 e. The Kier molecular flexibility index (Phi) is 6.06. The number of aldehydes is 1. The summed E-state index contributed by atoms with van der Waals surface area (Å²) in [6.45, 7) is -4.68. The molecule has 0 aliphatic carbocycles. The SMILES string of the molecule is CCCc1cc(Cl)c(OC(F)F)c(C=O)c1OC(F)F. The van der Waals surface area contributed by atoms with Gasteiger partial charge in [0.25, 0.3) is 0 Å². The highest BCUT2D eigenvalue weighted by atomic mass is 35.5. The predicted molar refractivity (Wildman–Crippen MR) is 64.1 cm³/mol. The van der Waals surface area contributed by atoms with Crippen molar-refractivity contribution in [1.29, 1.82) is 0 Å². The van der Waals surface area contributed by atoms with E-state index in [1.54, 1.807) is 6.92 Å². The first-order valence-corrected chi connectivity index (χ1v) is 5.98. The van der Waals surface area contributed by atoms with Crippen LogP contribution in [0.4, 0.5) is 17.6 Å². The van der Waals surface area contributed by atoms with E-state index in [2.05, 4.69) is 9.47 Å². The Morgan fingerprint density at radius 2 is 1.75 bits per heavy atom. The molecule has 0 saturated heterocycles. The Labute approximate surface area is 117 Å². The molecule has 0 heterocycles. The normalized spacial score (nSPS) is 11.0. The van der Waals surface area contributed by atoms with Gasteiger partial charge in [0.05, 0.1) is 5.02 Å². The van der Waals surface area contributed by atoms with Crippen LogP contribution in [0.3, 0.4) is 0 Å². The molecule has 20 heavy (non-hydrogen) atoms. The van der Waals surface area contributed by atoms with Crippen LogP contribution in [0.5, 0.6) is 11.5 Å². The van der Waals surface area contributed by atoms with E-state index in [4.69, 9.17) is 11.6 Å². The molecule has 1 aromatic rings. The average molecular weight is 315 g/mol. The second kappa shape index (κ2) is 7.33. The smallest absolute Gasteiger partial charge is 0.387 e. The fourth-order valence-corrected chi connectivity index (χ4v) is 1.97. The van der Waals surface area contributed by atoms with Gasteiger partial charge in [-0.15, -0.1) is 0 Å². The molecule has 0 fully saturated rings. The van der Waals surface area contributed by atoms with Gasteiger partial charge in [-0.3, -0.25) is 4.79 Å². The Morgan fingerprint density at radius 1 is 1.20 bits per heavy atom. The van der Waals surface area contributed by atoms with Crippen LogP contribution in [0.25, 0.3) is 0 Å². The van der Waals surface area contributed by atoms with E-state index >= 15 is 0 Å². The molecule has 1 aromatic carbocycles. The molecule has 8 heteroatoms. The van der Waals surface area contributed by atoms with Crippen LogP contribution in [0.15, 0.2) is 6.07 Å². The van der Waals surface area contributed by atoms with Crippen LogP contribution in [0.2, 0.25) is 5.02 Å². The van der Waals surface area contributed by atoms with E-state index in [1.807, 2.05) is 0 Å². The van der Waals surface area contributed by atoms with Crippen LogP contribution >= 0.6 is 11.6 Å². The molecule has 0 aliphatic rings. The summed E-state index contributed by atoms with van der Waals surface area (Å²) in [6.07, 6.45) is 0.946. The largest absolute Gasteiger partial charge is 0.434 e. The van der Waals surface area contributed by atoms with Gasteiger partial charge >= 0.3 is 13.2 Å². The maximum absolute atomic E-state index is 12.4. The van der Waals surface area contributed by atoms with Crippen molar-refractivity contribution < 1.29 is 31.8 Å². The van der Waals surface area contributed by atoms with Crippen LogP contribution in [0, 0.1) is 0 Å². The first-order chi connectivity index (χ1) is 9.40. The summed E-state index contributed by atoms with van der Waals surface area (Å²) in [5.74, 6) is -1.16. The fraction of sp³-hybridized carbons (Fsp3) is 0.417. The summed E-state index contributed by atoms with van der Waals surface area (Å²) >= 11 is 5.74. The van der Waals surface area contributed by atoms with E-state index in [1.165, 1.54) is 6.07 Å². The summed E-state index contributed by atoms with van der Waals surface area (Å²) in [5, 5.41) is -0.266. The number of rotatable bonds is 7. The lowest BCUT2D eigenvalue weighted by molar-refractivity contribution is -0.0550. The molecule has 1 rings (SSSR count). The van der Waals surface area contributed by atoms with Crippen LogP contribution < -0.4 is 9.47 Å². The molecule has 0 aromatic heterocycles. The number of carbonyl (C=O) groups excluding carboxylic acids is 1. The van der Waals surface area contributed by atoms with Gasteiger partial charge in [-0.25, -0.2) is 0 Å². The number of halogens is 5. The van der Waals surface area contributed by atoms with Gasteiger partial charge < -0.3 is 9.47 Å². The number of aryl methyl sites for hydroxylation is 1. The molecule has 0 radical (unpaired) electrons. The zero-order valence-electron chi connectivity index (χ0n) is 10.3. The van der Waals surface area contributed by atoms with Crippen molar-refractivity contribution in [1.82, 2.24) is 0 Å². The minimum absolute atomic E-state index is 0.0977. The predicted octanol–water partition coefficient (Wildman–Crippen LogP) is 4.31. The monoisotopic (exact) mass is 314 g/mol. The number of benzene rings is 1. The number of hydrogen-bond acceptors (Lipinski definition) is 3. The van der Waals surface area contributed by atoms with Crippen LogP contribution in [-0.2, 0) is 6.42 Å². The van der Waals surface area contributed by atoms with Crippen molar-refractivity contribution in [2.45, 2.75) is 33.0 Å². The van der Waals surface area contributed by atoms with Crippen molar-refractivity contribution in [2.24, 2.45) is 0 Å². The van der Waals surface area contributed by atoms with Crippen LogP contribution in [0.1, 0.15) is 29.3 Å². The number of hydrogen-bond donors (Lipinski definition) is 0. The summed E-state index contributed by atoms with van der Waals surface area (Å²) in [6, 6.07) is 1.17. The second-order valence-electron chi connectivity index (χ2n) is 3.71. The quantitative estimate of drug-likeness (QED) is 0.556. The number of ether oxygens (including phenoxy) is 2. The first kappa shape index (κ1) is 16.6. The average Bonchev–Trinajstić information content (AvgIpc) is 2.34. The zero-order valence-corrected chi connectivity index (χ0v) is 11.1. The molecule has 0 atom stereocenters. The van der Waals surface area contributed by atoms with Crippen molar-refractivity contribution in [3.63, 3.8) is 0 Å². The van der Waals surface area contributed by atoms with E-state index < -0.39 is 30.3 Å². The van der Waals surface area contributed by atoms with Gasteiger partial charge in [0.2, 0.25) is 0 Å². The molecule has 0 aliphatic heterocycles. The molecule has 0 amide bonds. The Hall–Kier alpha value is -1.50. The lowest BCUT2D eigenvalue weighted by Gasteiger charge is -2.17. The summed E-state index contributed by atoms with van der Waals surface area (Å²) in [7, 11) is 0. The topological polar surface area (TPSA) is 35.5 Å². The highest BCUT2D eigenvalue weighted by molar-refractivity contribution is 6.32. The number of carbonyl (C=O) groups is 1. The molecule has 112 valence electrons. The molecule has 0 bridgehead atoms. The van der Waals surface area contributed by atoms with Crippen molar-refractivity contribution >= 4 is 17.9 Å². The molecule has 0 saturated carbocycles. The van der Waals surface area contributed by atoms with E-state index in [0.29, 0.717) is 6.42 Å². The van der Waals surface area contributed by atoms with Gasteiger partial charge in [-0.1, -0.05) is 24.9 Å². The fourth-order valence-electron chi connectivity index (χ4n) is 1.69. The van der Waals surface area contributed by atoms with Crippen molar-refractivity contribution in [2.75, 3.05) is 0 Å². The Morgan fingerprint density at radius 3 is 2.20 bits per heavy atom. The third kappa shape index (κ3) is 4.00. The third-order valence-electron chi connectivity index (χ3n) is 2.35. The maximum atomic E-state index is 12.4. The highest BCUT2D eigenvalue weighted by Crippen LogP contribution is 2.39. The minimum atomic E-state index is -3.25. The van der Waals surface area contributed by atoms with Gasteiger partial charge in [-0.2, -0.15) is 17.6 Å². The third-order valence-corrected chi connectivity index (χ3v) is 2.63. The van der Waals surface area contributed by atoms with E-state index in [-0.39, 0.29) is 23.3 Å². The summed E-state index contributed by atoms with van der Waals surface area (Å²) in [5.41, 5.74) is -0.330. The van der Waals surface area contributed by atoms with Crippen LogP contribution in [-0.4, -0.2) is 19.5 Å². The number of alkyl halides is 4. The van der Waals surface area contributed by atoms with E-state index in [9.17, 15) is 22.4 Å². The zero-order chi connectivity index (χ0) is 15.3. The molecule has 3 nitrogen and oxygen atoms in total. The van der Waals surface area contributed by atoms with Gasteiger partial charge in [-0.05, 0) is 18.1 Å². The first-order valence-electron chi connectivity index (χ1n) is 5.60. The molecule has 0 unspecified atom stereocenters. The molecule has 0 N–H and O–H groups in total.